The first-order chi connectivity index (χ1) is 17.1. The summed E-state index contributed by atoms with van der Waals surface area (Å²) in [5.41, 5.74) is 4.12. The maximum absolute atomic E-state index is 13.5. The number of aromatic nitrogens is 5. The van der Waals surface area contributed by atoms with E-state index in [9.17, 15) is 9.18 Å². The third kappa shape index (κ3) is 4.39. The van der Waals surface area contributed by atoms with Gasteiger partial charge in [-0.3, -0.25) is 9.69 Å². The standard InChI is InChI=1S/C27H32FN7O/c1-17-6-7-18(2)23-21(17)16-22(26(36)29-23)24(25-30-31-32-35(25)27(3,4)5)34-14-12-33(13-15-34)20-10-8-19(28)9-11-20/h6-11,16,24H,12-15H2,1-5H3,(H,29,36)/t24-/m0/s1. The molecule has 1 fully saturated rings. The zero-order chi connectivity index (χ0) is 25.6. The molecule has 0 bridgehead atoms. The topological polar surface area (TPSA) is 82.9 Å². The number of hydrogen-bond donors (Lipinski definition) is 1. The van der Waals surface area contributed by atoms with Gasteiger partial charge in [0.15, 0.2) is 5.82 Å². The maximum atomic E-state index is 13.5. The van der Waals surface area contributed by atoms with Crippen LogP contribution in [-0.2, 0) is 5.54 Å². The van der Waals surface area contributed by atoms with Crippen molar-refractivity contribution in [3.63, 3.8) is 0 Å². The molecule has 0 unspecified atom stereocenters. The van der Waals surface area contributed by atoms with E-state index in [0.717, 1.165) is 40.8 Å². The molecule has 0 radical (unpaired) electrons. The number of aromatic amines is 1. The summed E-state index contributed by atoms with van der Waals surface area (Å²) in [5.74, 6) is 0.403. The van der Waals surface area contributed by atoms with Crippen LogP contribution >= 0.6 is 0 Å². The summed E-state index contributed by atoms with van der Waals surface area (Å²) in [6, 6.07) is 12.3. The van der Waals surface area contributed by atoms with Crippen molar-refractivity contribution < 1.29 is 4.39 Å². The van der Waals surface area contributed by atoms with Gasteiger partial charge >= 0.3 is 0 Å². The summed E-state index contributed by atoms with van der Waals surface area (Å²) in [6.07, 6.45) is 0. The number of fused-ring (bicyclic) bond motifs is 1. The van der Waals surface area contributed by atoms with E-state index in [-0.39, 0.29) is 16.9 Å². The van der Waals surface area contributed by atoms with E-state index in [4.69, 9.17) is 0 Å². The third-order valence-corrected chi connectivity index (χ3v) is 7.01. The Morgan fingerprint density at radius 3 is 2.31 bits per heavy atom. The number of rotatable bonds is 4. The number of hydrogen-bond acceptors (Lipinski definition) is 6. The predicted octanol–water partition coefficient (Wildman–Crippen LogP) is 3.94. The fourth-order valence-electron chi connectivity index (χ4n) is 5.03. The summed E-state index contributed by atoms with van der Waals surface area (Å²) in [7, 11) is 0. The van der Waals surface area contributed by atoms with Crippen molar-refractivity contribution in [2.45, 2.75) is 46.2 Å². The van der Waals surface area contributed by atoms with Crippen molar-refractivity contribution in [2.75, 3.05) is 31.1 Å². The van der Waals surface area contributed by atoms with E-state index >= 15 is 0 Å². The Morgan fingerprint density at radius 2 is 1.64 bits per heavy atom. The van der Waals surface area contributed by atoms with Gasteiger partial charge < -0.3 is 9.88 Å². The Labute approximate surface area is 209 Å². The SMILES string of the molecule is Cc1ccc(C)c2[nH]c(=O)c([C@@H](c3nnnn3C(C)(C)C)N3CCN(c4ccc(F)cc4)CC3)cc12. The summed E-state index contributed by atoms with van der Waals surface area (Å²) in [4.78, 5) is 21.2. The fourth-order valence-corrected chi connectivity index (χ4v) is 5.03. The van der Waals surface area contributed by atoms with Gasteiger partial charge in [0, 0.05) is 42.8 Å². The van der Waals surface area contributed by atoms with Crippen LogP contribution in [0.2, 0.25) is 0 Å². The van der Waals surface area contributed by atoms with E-state index in [0.29, 0.717) is 24.5 Å². The molecule has 9 heteroatoms. The molecule has 0 aliphatic carbocycles. The van der Waals surface area contributed by atoms with Crippen LogP contribution in [0.25, 0.3) is 10.9 Å². The van der Waals surface area contributed by atoms with Crippen LogP contribution in [0.1, 0.15) is 49.3 Å². The molecule has 2 aromatic carbocycles. The highest BCUT2D eigenvalue weighted by Gasteiger charge is 2.35. The Kier molecular flexibility index (Phi) is 6.12. The molecule has 0 saturated carbocycles. The molecule has 1 atom stereocenters. The minimum atomic E-state index is -0.414. The molecule has 4 aromatic rings. The third-order valence-electron chi connectivity index (χ3n) is 7.01. The smallest absolute Gasteiger partial charge is 0.253 e. The minimum Gasteiger partial charge on any atom is -0.369 e. The van der Waals surface area contributed by atoms with Crippen LogP contribution in [-0.4, -0.2) is 56.3 Å². The van der Waals surface area contributed by atoms with Gasteiger partial charge in [-0.2, -0.15) is 0 Å². The van der Waals surface area contributed by atoms with Gasteiger partial charge in [-0.1, -0.05) is 12.1 Å². The van der Waals surface area contributed by atoms with Gasteiger partial charge in [0.2, 0.25) is 0 Å². The molecule has 0 spiro atoms. The van der Waals surface area contributed by atoms with E-state index in [1.54, 1.807) is 0 Å². The number of tetrazole rings is 1. The lowest BCUT2D eigenvalue weighted by Crippen LogP contribution is -2.49. The molecular formula is C27H32FN7O. The molecule has 3 heterocycles. The normalized spacial score (nSPS) is 16.0. The Hall–Kier alpha value is -3.59. The molecule has 1 aliphatic heterocycles. The van der Waals surface area contributed by atoms with Gasteiger partial charge in [0.1, 0.15) is 11.9 Å². The van der Waals surface area contributed by atoms with Crippen LogP contribution in [0.5, 0.6) is 0 Å². The van der Waals surface area contributed by atoms with Crippen molar-refractivity contribution in [1.82, 2.24) is 30.1 Å². The molecule has 1 saturated heterocycles. The molecule has 5 rings (SSSR count). The lowest BCUT2D eigenvalue weighted by Gasteiger charge is -2.40. The van der Waals surface area contributed by atoms with Crippen LogP contribution in [0.4, 0.5) is 10.1 Å². The number of pyridine rings is 1. The Balaban J connectivity index is 1.58. The lowest BCUT2D eigenvalue weighted by atomic mass is 9.98. The molecule has 8 nitrogen and oxygen atoms in total. The highest BCUT2D eigenvalue weighted by molar-refractivity contribution is 5.85. The molecule has 36 heavy (non-hydrogen) atoms. The first kappa shape index (κ1) is 24.1. The van der Waals surface area contributed by atoms with Crippen LogP contribution in [0.3, 0.4) is 0 Å². The number of aryl methyl sites for hydroxylation is 2. The highest BCUT2D eigenvalue weighted by Crippen LogP contribution is 2.32. The van der Waals surface area contributed by atoms with E-state index in [2.05, 4.69) is 64.1 Å². The average Bonchev–Trinajstić information content (AvgIpc) is 3.34. The molecule has 0 amide bonds. The predicted molar refractivity (Wildman–Crippen MR) is 139 cm³/mol. The molecule has 188 valence electrons. The number of H-pyrrole nitrogens is 1. The van der Waals surface area contributed by atoms with Crippen molar-refractivity contribution in [2.24, 2.45) is 0 Å². The minimum absolute atomic E-state index is 0.134. The van der Waals surface area contributed by atoms with Gasteiger partial charge in [0.05, 0.1) is 11.1 Å². The Bertz CT molecular complexity index is 1440. The quantitative estimate of drug-likeness (QED) is 0.468. The largest absolute Gasteiger partial charge is 0.369 e. The van der Waals surface area contributed by atoms with E-state index < -0.39 is 6.04 Å². The zero-order valence-electron chi connectivity index (χ0n) is 21.4. The van der Waals surface area contributed by atoms with Crippen molar-refractivity contribution in [3.05, 3.63) is 81.2 Å². The van der Waals surface area contributed by atoms with Crippen LogP contribution in [0, 0.1) is 19.7 Å². The second kappa shape index (κ2) is 9.13. The number of piperazine rings is 1. The second-order valence-electron chi connectivity index (χ2n) is 10.6. The molecular weight excluding hydrogens is 457 g/mol. The summed E-state index contributed by atoms with van der Waals surface area (Å²) in [5, 5.41) is 13.8. The van der Waals surface area contributed by atoms with E-state index in [1.807, 2.05) is 35.9 Å². The molecule has 2 aromatic heterocycles. The van der Waals surface area contributed by atoms with E-state index in [1.165, 1.54) is 12.1 Å². The average molecular weight is 490 g/mol. The number of halogens is 1. The maximum Gasteiger partial charge on any atom is 0.253 e. The Morgan fingerprint density at radius 1 is 0.972 bits per heavy atom. The second-order valence-corrected chi connectivity index (χ2v) is 10.6. The highest BCUT2D eigenvalue weighted by atomic mass is 19.1. The van der Waals surface area contributed by atoms with Gasteiger partial charge in [-0.05, 0) is 86.5 Å². The summed E-state index contributed by atoms with van der Waals surface area (Å²) < 4.78 is 15.2. The van der Waals surface area contributed by atoms with Gasteiger partial charge in [-0.25, -0.2) is 9.07 Å². The summed E-state index contributed by atoms with van der Waals surface area (Å²) >= 11 is 0. The van der Waals surface area contributed by atoms with Crippen molar-refractivity contribution in [1.29, 1.82) is 0 Å². The van der Waals surface area contributed by atoms with Crippen LogP contribution in [0.15, 0.2) is 47.3 Å². The van der Waals surface area contributed by atoms with Gasteiger partial charge in [-0.15, -0.1) is 5.10 Å². The number of nitrogens with one attached hydrogen (secondary N) is 1. The monoisotopic (exact) mass is 489 g/mol. The lowest BCUT2D eigenvalue weighted by molar-refractivity contribution is 0.190. The molecule has 1 N–H and O–H groups in total. The summed E-state index contributed by atoms with van der Waals surface area (Å²) in [6.45, 7) is 13.1. The molecule has 1 aliphatic rings. The fraction of sp³-hybridized carbons (Fsp3) is 0.407. The van der Waals surface area contributed by atoms with Crippen molar-refractivity contribution in [3.8, 4) is 0 Å². The number of nitrogens with zero attached hydrogens (tertiary/aromatic N) is 6. The first-order valence-corrected chi connectivity index (χ1v) is 12.3. The number of anilines is 1. The van der Waals surface area contributed by atoms with Crippen molar-refractivity contribution >= 4 is 16.6 Å². The zero-order valence-corrected chi connectivity index (χ0v) is 21.4. The van der Waals surface area contributed by atoms with Gasteiger partial charge in [0.25, 0.3) is 5.56 Å². The van der Waals surface area contributed by atoms with Crippen LogP contribution < -0.4 is 10.5 Å². The number of benzene rings is 2. The first-order valence-electron chi connectivity index (χ1n) is 12.3.